The maximum Gasteiger partial charge on any atom is 0.407 e. The molecule has 1 saturated heterocycles. The second kappa shape index (κ2) is 7.43. The minimum absolute atomic E-state index is 0. The maximum absolute atomic E-state index is 11.5. The Labute approximate surface area is 121 Å². The monoisotopic (exact) mass is 292 g/mol. The largest absolute Gasteiger partial charge is 0.444 e. The van der Waals surface area contributed by atoms with Gasteiger partial charge in [-0.1, -0.05) is 0 Å². The molecule has 1 unspecified atom stereocenters. The lowest BCUT2D eigenvalue weighted by molar-refractivity contribution is 0.0513. The van der Waals surface area contributed by atoms with Crippen LogP contribution in [0, 0.1) is 11.3 Å². The molecule has 0 radical (unpaired) electrons. The minimum atomic E-state index is -0.470. The molecule has 6 nitrogen and oxygen atoms in total. The summed E-state index contributed by atoms with van der Waals surface area (Å²) < 4.78 is 5.17. The Balaban J connectivity index is 0.00000324. The van der Waals surface area contributed by atoms with E-state index in [-0.39, 0.29) is 24.5 Å². The zero-order chi connectivity index (χ0) is 13.8. The van der Waals surface area contributed by atoms with Gasteiger partial charge in [0.25, 0.3) is 0 Å². The maximum atomic E-state index is 11.5. The number of piperidine rings is 1. The molecule has 1 rings (SSSR count). The third-order valence-electron chi connectivity index (χ3n) is 2.79. The summed E-state index contributed by atoms with van der Waals surface area (Å²) >= 11 is 0. The minimum Gasteiger partial charge on any atom is -0.444 e. The van der Waals surface area contributed by atoms with Crippen molar-refractivity contribution in [3.05, 3.63) is 0 Å². The number of halogens is 1. The molecule has 0 saturated carbocycles. The fourth-order valence-corrected chi connectivity index (χ4v) is 1.99. The Morgan fingerprint density at radius 3 is 2.68 bits per heavy atom. The lowest BCUT2D eigenvalue weighted by atomic mass is 9.98. The van der Waals surface area contributed by atoms with Crippen LogP contribution in [0.5, 0.6) is 0 Å². The van der Waals surface area contributed by atoms with Gasteiger partial charge in [0.15, 0.2) is 5.96 Å². The van der Waals surface area contributed by atoms with E-state index in [1.54, 1.807) is 0 Å². The molecule has 7 heteroatoms. The van der Waals surface area contributed by atoms with E-state index >= 15 is 0 Å². The van der Waals surface area contributed by atoms with Gasteiger partial charge in [0.1, 0.15) is 5.60 Å². The Morgan fingerprint density at radius 2 is 2.16 bits per heavy atom. The van der Waals surface area contributed by atoms with Gasteiger partial charge in [0.05, 0.1) is 0 Å². The molecule has 0 aliphatic carbocycles. The number of amides is 1. The van der Waals surface area contributed by atoms with Crippen molar-refractivity contribution >= 4 is 24.5 Å². The predicted molar refractivity (Wildman–Crippen MR) is 77.7 cm³/mol. The lowest BCUT2D eigenvalue weighted by Crippen LogP contribution is -2.46. The number of rotatable bonds is 2. The number of hydrogen-bond donors (Lipinski definition) is 3. The number of nitrogens with one attached hydrogen (secondary N) is 2. The molecule has 1 atom stereocenters. The van der Waals surface area contributed by atoms with Crippen molar-refractivity contribution in [2.75, 3.05) is 19.6 Å². The lowest BCUT2D eigenvalue weighted by Gasteiger charge is -2.33. The van der Waals surface area contributed by atoms with Crippen LogP contribution in [0.4, 0.5) is 4.79 Å². The van der Waals surface area contributed by atoms with Gasteiger partial charge in [-0.25, -0.2) is 4.79 Å². The van der Waals surface area contributed by atoms with Gasteiger partial charge in [-0.3, -0.25) is 5.41 Å². The molecular weight excluding hydrogens is 268 g/mol. The first kappa shape index (κ1) is 17.8. The molecule has 0 aromatic rings. The molecule has 0 aromatic heterocycles. The number of likely N-dealkylation sites (tertiary alicyclic amines) is 1. The molecular formula is C12H25ClN4O2. The van der Waals surface area contributed by atoms with Crippen molar-refractivity contribution in [3.8, 4) is 0 Å². The van der Waals surface area contributed by atoms with E-state index < -0.39 is 5.60 Å². The van der Waals surface area contributed by atoms with E-state index in [2.05, 4.69) is 5.32 Å². The van der Waals surface area contributed by atoms with E-state index in [1.807, 2.05) is 25.7 Å². The SMILES string of the molecule is CC(C)(C)OC(=O)NCC1CCCN(C(=N)N)C1.Cl. The van der Waals surface area contributed by atoms with E-state index in [0.29, 0.717) is 12.5 Å². The fourth-order valence-electron chi connectivity index (χ4n) is 1.99. The number of guanidine groups is 1. The van der Waals surface area contributed by atoms with E-state index in [4.69, 9.17) is 15.9 Å². The highest BCUT2D eigenvalue weighted by Crippen LogP contribution is 2.15. The van der Waals surface area contributed by atoms with Crippen LogP contribution in [0.15, 0.2) is 0 Å². The molecule has 0 aromatic carbocycles. The fraction of sp³-hybridized carbons (Fsp3) is 0.833. The number of alkyl carbamates (subject to hydrolysis) is 1. The second-order valence-corrected chi connectivity index (χ2v) is 5.72. The quantitative estimate of drug-likeness (QED) is 0.532. The van der Waals surface area contributed by atoms with Crippen LogP contribution in [0.2, 0.25) is 0 Å². The highest BCUT2D eigenvalue weighted by atomic mass is 35.5. The molecule has 1 heterocycles. The van der Waals surface area contributed by atoms with Gasteiger partial charge in [-0.05, 0) is 39.5 Å². The second-order valence-electron chi connectivity index (χ2n) is 5.72. The first-order chi connectivity index (χ1) is 8.28. The molecule has 1 amide bonds. The van der Waals surface area contributed by atoms with Crippen molar-refractivity contribution < 1.29 is 9.53 Å². The predicted octanol–water partition coefficient (Wildman–Crippen LogP) is 1.54. The highest BCUT2D eigenvalue weighted by Gasteiger charge is 2.22. The topological polar surface area (TPSA) is 91.4 Å². The third kappa shape index (κ3) is 7.10. The summed E-state index contributed by atoms with van der Waals surface area (Å²) in [4.78, 5) is 13.3. The zero-order valence-electron chi connectivity index (χ0n) is 11.9. The normalized spacial score (nSPS) is 19.3. The Bertz CT molecular complexity index is 317. The van der Waals surface area contributed by atoms with E-state index in [0.717, 1.165) is 25.9 Å². The summed E-state index contributed by atoms with van der Waals surface area (Å²) in [5.41, 5.74) is 5.00. The average molecular weight is 293 g/mol. The van der Waals surface area contributed by atoms with Gasteiger partial charge in [-0.2, -0.15) is 0 Å². The summed E-state index contributed by atoms with van der Waals surface area (Å²) in [6, 6.07) is 0. The molecule has 0 spiro atoms. The van der Waals surface area contributed by atoms with Gasteiger partial charge < -0.3 is 20.7 Å². The van der Waals surface area contributed by atoms with Gasteiger partial charge >= 0.3 is 6.09 Å². The number of carbonyl (C=O) groups excluding carboxylic acids is 1. The number of carbonyl (C=O) groups is 1. The van der Waals surface area contributed by atoms with Crippen LogP contribution < -0.4 is 11.1 Å². The van der Waals surface area contributed by atoms with Crippen LogP contribution in [0.1, 0.15) is 33.6 Å². The van der Waals surface area contributed by atoms with Crippen molar-refractivity contribution in [2.24, 2.45) is 11.7 Å². The molecule has 4 N–H and O–H groups in total. The zero-order valence-corrected chi connectivity index (χ0v) is 12.7. The molecule has 0 bridgehead atoms. The molecule has 1 aliphatic heterocycles. The van der Waals surface area contributed by atoms with Crippen molar-refractivity contribution in [3.63, 3.8) is 0 Å². The standard InChI is InChI=1S/C12H24N4O2.ClH/c1-12(2,3)18-11(17)15-7-9-5-4-6-16(8-9)10(13)14;/h9H,4-8H2,1-3H3,(H3,13,14)(H,15,17);1H. The Morgan fingerprint density at radius 1 is 1.53 bits per heavy atom. The van der Waals surface area contributed by atoms with Crippen LogP contribution in [-0.2, 0) is 4.74 Å². The Hall–Kier alpha value is -1.17. The first-order valence-corrected chi connectivity index (χ1v) is 6.34. The van der Waals surface area contributed by atoms with E-state index in [9.17, 15) is 4.79 Å². The van der Waals surface area contributed by atoms with Crippen LogP contribution >= 0.6 is 12.4 Å². The summed E-state index contributed by atoms with van der Waals surface area (Å²) in [7, 11) is 0. The summed E-state index contributed by atoms with van der Waals surface area (Å²) in [5, 5.41) is 10.2. The number of nitrogens with zero attached hydrogens (tertiary/aromatic N) is 1. The van der Waals surface area contributed by atoms with Crippen LogP contribution in [0.25, 0.3) is 0 Å². The highest BCUT2D eigenvalue weighted by molar-refractivity contribution is 5.85. The van der Waals surface area contributed by atoms with Crippen molar-refractivity contribution in [1.82, 2.24) is 10.2 Å². The van der Waals surface area contributed by atoms with Crippen molar-refractivity contribution in [1.29, 1.82) is 5.41 Å². The summed E-state index contributed by atoms with van der Waals surface area (Å²) in [5.74, 6) is 0.437. The molecule has 112 valence electrons. The summed E-state index contributed by atoms with van der Waals surface area (Å²) in [6.07, 6.45) is 1.65. The number of hydrogen-bond acceptors (Lipinski definition) is 3. The molecule has 19 heavy (non-hydrogen) atoms. The van der Waals surface area contributed by atoms with Gasteiger partial charge in [-0.15, -0.1) is 12.4 Å². The van der Waals surface area contributed by atoms with Crippen LogP contribution in [-0.4, -0.2) is 42.2 Å². The smallest absolute Gasteiger partial charge is 0.407 e. The van der Waals surface area contributed by atoms with Gasteiger partial charge in [0, 0.05) is 19.6 Å². The van der Waals surface area contributed by atoms with Crippen molar-refractivity contribution in [2.45, 2.75) is 39.2 Å². The Kier molecular flexibility index (Phi) is 6.97. The summed E-state index contributed by atoms with van der Waals surface area (Å²) in [6.45, 7) is 7.64. The number of nitrogens with two attached hydrogens (primary N) is 1. The van der Waals surface area contributed by atoms with Crippen LogP contribution in [0.3, 0.4) is 0 Å². The molecule has 1 fully saturated rings. The number of ether oxygens (including phenoxy) is 1. The van der Waals surface area contributed by atoms with Gasteiger partial charge in [0.2, 0.25) is 0 Å². The third-order valence-corrected chi connectivity index (χ3v) is 2.79. The first-order valence-electron chi connectivity index (χ1n) is 6.34. The van der Waals surface area contributed by atoms with E-state index in [1.165, 1.54) is 0 Å². The molecule has 1 aliphatic rings. The average Bonchev–Trinajstić information content (AvgIpc) is 2.24.